The molecule has 1 unspecified atom stereocenters. The van der Waals surface area contributed by atoms with Gasteiger partial charge < -0.3 is 10.8 Å². The lowest BCUT2D eigenvalue weighted by molar-refractivity contribution is -0.192. The highest BCUT2D eigenvalue weighted by Gasteiger charge is 2.38. The lowest BCUT2D eigenvalue weighted by Crippen LogP contribution is -2.39. The fraction of sp³-hybridized carbons (Fsp3) is 0.900. The molecule has 1 aliphatic heterocycles. The van der Waals surface area contributed by atoms with Crippen LogP contribution in [0.1, 0.15) is 19.3 Å². The molecule has 0 aromatic carbocycles. The molecule has 10 heteroatoms. The molecule has 1 saturated carbocycles. The summed E-state index contributed by atoms with van der Waals surface area (Å²) in [6, 6.07) is 0.0628. The van der Waals surface area contributed by atoms with Crippen LogP contribution < -0.4 is 5.73 Å². The number of hydrogen-bond acceptors (Lipinski definition) is 4. The van der Waals surface area contributed by atoms with Crippen LogP contribution in [0, 0.1) is 5.92 Å². The van der Waals surface area contributed by atoms with E-state index in [9.17, 15) is 21.6 Å². The molecule has 0 aromatic rings. The van der Waals surface area contributed by atoms with E-state index in [1.54, 1.807) is 4.31 Å². The number of alkyl halides is 3. The summed E-state index contributed by atoms with van der Waals surface area (Å²) in [4.78, 5) is 8.90. The molecule has 3 N–H and O–H groups in total. The highest BCUT2D eigenvalue weighted by Crippen LogP contribution is 2.32. The number of nitrogens with two attached hydrogens (primary N) is 1. The van der Waals surface area contributed by atoms with Crippen LogP contribution in [-0.4, -0.2) is 54.9 Å². The first-order chi connectivity index (χ1) is 9.04. The average Bonchev–Trinajstić information content (AvgIpc) is 3.06. The molecule has 118 valence electrons. The first-order valence-electron chi connectivity index (χ1n) is 6.07. The van der Waals surface area contributed by atoms with Gasteiger partial charge >= 0.3 is 12.1 Å². The molecule has 0 spiro atoms. The molecule has 1 heterocycles. The van der Waals surface area contributed by atoms with Crippen molar-refractivity contribution in [3.8, 4) is 0 Å². The minimum Gasteiger partial charge on any atom is -0.475 e. The van der Waals surface area contributed by atoms with E-state index in [0.29, 0.717) is 24.8 Å². The Kier molecular flexibility index (Phi) is 5.39. The van der Waals surface area contributed by atoms with Gasteiger partial charge in [-0.05, 0) is 25.2 Å². The standard InChI is InChI=1S/C8H16N2O2S.C2HF3O2/c9-8(7-2-3-7)6-10-4-1-5-13(10,11)12;3-2(4,5)1(6)7/h7-8H,1-6,9H2;(H,6,7). The zero-order valence-electron chi connectivity index (χ0n) is 10.6. The van der Waals surface area contributed by atoms with Crippen molar-refractivity contribution >= 4 is 16.0 Å². The topological polar surface area (TPSA) is 101 Å². The van der Waals surface area contributed by atoms with Crippen molar-refractivity contribution in [1.82, 2.24) is 4.31 Å². The predicted molar refractivity (Wildman–Crippen MR) is 64.4 cm³/mol. The number of carboxylic acid groups (broad SMARTS) is 1. The van der Waals surface area contributed by atoms with E-state index in [4.69, 9.17) is 15.6 Å². The van der Waals surface area contributed by atoms with Crippen molar-refractivity contribution in [2.24, 2.45) is 11.7 Å². The van der Waals surface area contributed by atoms with Crippen LogP contribution in [0.15, 0.2) is 0 Å². The highest BCUT2D eigenvalue weighted by molar-refractivity contribution is 7.89. The van der Waals surface area contributed by atoms with Crippen LogP contribution >= 0.6 is 0 Å². The Hall–Kier alpha value is -0.870. The molecule has 2 rings (SSSR count). The number of carbonyl (C=O) groups is 1. The van der Waals surface area contributed by atoms with E-state index < -0.39 is 22.2 Å². The lowest BCUT2D eigenvalue weighted by atomic mass is 10.2. The fourth-order valence-corrected chi connectivity index (χ4v) is 3.36. The maximum Gasteiger partial charge on any atom is 0.490 e. The van der Waals surface area contributed by atoms with Crippen LogP contribution in [0.5, 0.6) is 0 Å². The predicted octanol–water partition coefficient (Wildman–Crippen LogP) is 0.393. The summed E-state index contributed by atoms with van der Waals surface area (Å²) in [5, 5.41) is 7.12. The van der Waals surface area contributed by atoms with Gasteiger partial charge in [0.25, 0.3) is 0 Å². The molecule has 6 nitrogen and oxygen atoms in total. The minimum absolute atomic E-state index is 0.0628. The minimum atomic E-state index is -5.08. The van der Waals surface area contributed by atoms with Gasteiger partial charge in [-0.2, -0.15) is 13.2 Å². The largest absolute Gasteiger partial charge is 0.490 e. The zero-order chi connectivity index (χ0) is 15.6. The van der Waals surface area contributed by atoms with E-state index in [2.05, 4.69) is 0 Å². The van der Waals surface area contributed by atoms with E-state index in [1.165, 1.54) is 12.8 Å². The van der Waals surface area contributed by atoms with Crippen molar-refractivity contribution < 1.29 is 31.5 Å². The van der Waals surface area contributed by atoms with E-state index in [0.717, 1.165) is 6.42 Å². The maximum atomic E-state index is 11.4. The Morgan fingerprint density at radius 3 is 2.20 bits per heavy atom. The number of aliphatic carboxylic acids is 1. The molecule has 20 heavy (non-hydrogen) atoms. The van der Waals surface area contributed by atoms with E-state index in [1.807, 2.05) is 0 Å². The summed E-state index contributed by atoms with van der Waals surface area (Å²) in [5.74, 6) is -1.87. The third-order valence-corrected chi connectivity index (χ3v) is 5.01. The molecule has 2 aliphatic rings. The summed E-state index contributed by atoms with van der Waals surface area (Å²) in [6.45, 7) is 1.20. The summed E-state index contributed by atoms with van der Waals surface area (Å²) < 4.78 is 56.1. The van der Waals surface area contributed by atoms with Crippen molar-refractivity contribution in [2.75, 3.05) is 18.8 Å². The first-order valence-corrected chi connectivity index (χ1v) is 7.68. The first kappa shape index (κ1) is 17.2. The summed E-state index contributed by atoms with van der Waals surface area (Å²) in [5.41, 5.74) is 5.87. The molecule has 2 fully saturated rings. The van der Waals surface area contributed by atoms with Gasteiger partial charge in [0, 0.05) is 19.1 Å². The lowest BCUT2D eigenvalue weighted by Gasteiger charge is -2.18. The smallest absolute Gasteiger partial charge is 0.475 e. The van der Waals surface area contributed by atoms with Gasteiger partial charge in [0.05, 0.1) is 5.75 Å². The average molecular weight is 318 g/mol. The number of sulfonamides is 1. The second-order valence-electron chi connectivity index (χ2n) is 4.83. The zero-order valence-corrected chi connectivity index (χ0v) is 11.5. The quantitative estimate of drug-likeness (QED) is 0.784. The van der Waals surface area contributed by atoms with Crippen molar-refractivity contribution in [2.45, 2.75) is 31.5 Å². The molecular weight excluding hydrogens is 301 g/mol. The van der Waals surface area contributed by atoms with Gasteiger partial charge in [0.2, 0.25) is 10.0 Å². The van der Waals surface area contributed by atoms with Gasteiger partial charge in [-0.25, -0.2) is 17.5 Å². The maximum absolute atomic E-state index is 11.4. The normalized spacial score (nSPS) is 23.8. The van der Waals surface area contributed by atoms with Crippen LogP contribution in [0.25, 0.3) is 0 Å². The van der Waals surface area contributed by atoms with Gasteiger partial charge in [-0.3, -0.25) is 0 Å². The molecule has 1 saturated heterocycles. The summed E-state index contributed by atoms with van der Waals surface area (Å²) in [6.07, 6.45) is -1.97. The highest BCUT2D eigenvalue weighted by atomic mass is 32.2. The molecule has 0 amide bonds. The Morgan fingerprint density at radius 1 is 1.40 bits per heavy atom. The van der Waals surface area contributed by atoms with Crippen molar-refractivity contribution in [3.63, 3.8) is 0 Å². The van der Waals surface area contributed by atoms with Gasteiger partial charge in [-0.15, -0.1) is 0 Å². The monoisotopic (exact) mass is 318 g/mol. The van der Waals surface area contributed by atoms with Crippen molar-refractivity contribution in [3.05, 3.63) is 0 Å². The van der Waals surface area contributed by atoms with E-state index in [-0.39, 0.29) is 6.04 Å². The third-order valence-electron chi connectivity index (χ3n) is 3.09. The Bertz CT molecular complexity index is 448. The second-order valence-corrected chi connectivity index (χ2v) is 6.92. The number of carboxylic acids is 1. The number of rotatable bonds is 3. The Morgan fingerprint density at radius 2 is 1.90 bits per heavy atom. The molecule has 1 atom stereocenters. The van der Waals surface area contributed by atoms with Gasteiger partial charge in [0.15, 0.2) is 0 Å². The van der Waals surface area contributed by atoms with Crippen LogP contribution in [-0.2, 0) is 14.8 Å². The number of nitrogens with zero attached hydrogens (tertiary/aromatic N) is 1. The van der Waals surface area contributed by atoms with Crippen molar-refractivity contribution in [1.29, 1.82) is 0 Å². The Balaban J connectivity index is 0.000000246. The van der Waals surface area contributed by atoms with Gasteiger partial charge in [-0.1, -0.05) is 0 Å². The molecule has 0 bridgehead atoms. The summed E-state index contributed by atoms with van der Waals surface area (Å²) in [7, 11) is -2.93. The van der Waals surface area contributed by atoms with E-state index >= 15 is 0 Å². The molecule has 0 aromatic heterocycles. The van der Waals surface area contributed by atoms with Crippen LogP contribution in [0.3, 0.4) is 0 Å². The second kappa shape index (κ2) is 6.27. The van der Waals surface area contributed by atoms with Gasteiger partial charge in [0.1, 0.15) is 0 Å². The van der Waals surface area contributed by atoms with Crippen LogP contribution in [0.2, 0.25) is 0 Å². The molecule has 1 aliphatic carbocycles. The number of hydrogen-bond donors (Lipinski definition) is 2. The number of halogens is 3. The Labute approximate surface area is 114 Å². The fourth-order valence-electron chi connectivity index (χ4n) is 1.80. The SMILES string of the molecule is NC(CN1CCCS1(=O)=O)C1CC1.O=C(O)C(F)(F)F. The molecule has 0 radical (unpaired) electrons. The third kappa shape index (κ3) is 5.25. The molecular formula is C10H17F3N2O4S. The van der Waals surface area contributed by atoms with Crippen LogP contribution in [0.4, 0.5) is 13.2 Å². The summed E-state index contributed by atoms with van der Waals surface area (Å²) >= 11 is 0.